The first-order chi connectivity index (χ1) is 13.2. The van der Waals surface area contributed by atoms with Gasteiger partial charge in [0.2, 0.25) is 0 Å². The highest BCUT2D eigenvalue weighted by Gasteiger charge is 2.33. The molecule has 0 aliphatic carbocycles. The van der Waals surface area contributed by atoms with Crippen LogP contribution in [0.1, 0.15) is 37.6 Å². The number of amides is 1. The number of carbonyl (C=O) groups excluding carboxylic acids is 1. The molecule has 5 nitrogen and oxygen atoms in total. The van der Waals surface area contributed by atoms with Crippen molar-refractivity contribution in [1.82, 2.24) is 9.88 Å². The molecular formula is C21H27N3O2S. The van der Waals surface area contributed by atoms with Gasteiger partial charge in [-0.2, -0.15) is 0 Å². The average Bonchev–Trinajstić information content (AvgIpc) is 3.13. The first kappa shape index (κ1) is 18.4. The molecule has 0 bridgehead atoms. The van der Waals surface area contributed by atoms with Crippen molar-refractivity contribution in [1.29, 1.82) is 0 Å². The molecule has 1 atom stereocenters. The summed E-state index contributed by atoms with van der Waals surface area (Å²) in [5.41, 5.74) is 2.87. The fourth-order valence-corrected chi connectivity index (χ4v) is 4.51. The van der Waals surface area contributed by atoms with E-state index in [0.717, 1.165) is 47.3 Å². The molecule has 1 aromatic carbocycles. The van der Waals surface area contributed by atoms with Gasteiger partial charge in [0.05, 0.1) is 16.4 Å². The summed E-state index contributed by atoms with van der Waals surface area (Å²) in [6, 6.07) is 6.09. The molecule has 2 aliphatic rings. The second kappa shape index (κ2) is 7.98. The Bertz CT molecular complexity index is 814. The number of ether oxygens (including phenoxy) is 1. The van der Waals surface area contributed by atoms with Crippen molar-refractivity contribution >= 4 is 22.9 Å². The second-order valence-electron chi connectivity index (χ2n) is 7.34. The third-order valence-electron chi connectivity index (χ3n) is 5.43. The smallest absolute Gasteiger partial charge is 0.268 e. The number of rotatable bonds is 5. The SMILES string of the molecule is CCC1Oc2ccc(-c3csc(C)n3)cc2N(CCN2CCCCC2)C1=O. The Kier molecular flexibility index (Phi) is 5.45. The molecule has 6 heteroatoms. The first-order valence-corrected chi connectivity index (χ1v) is 10.8. The van der Waals surface area contributed by atoms with Crippen LogP contribution in [0.4, 0.5) is 5.69 Å². The summed E-state index contributed by atoms with van der Waals surface area (Å²) in [4.78, 5) is 22.0. The minimum atomic E-state index is -0.383. The highest BCUT2D eigenvalue weighted by molar-refractivity contribution is 7.09. The average molecular weight is 386 g/mol. The van der Waals surface area contributed by atoms with Crippen molar-refractivity contribution in [3.8, 4) is 17.0 Å². The number of carbonyl (C=O) groups is 1. The Labute approximate surface area is 165 Å². The Balaban J connectivity index is 1.61. The molecule has 4 rings (SSSR count). The van der Waals surface area contributed by atoms with Gasteiger partial charge in [-0.1, -0.05) is 13.3 Å². The fraction of sp³-hybridized carbons (Fsp3) is 0.524. The largest absolute Gasteiger partial charge is 0.478 e. The molecule has 1 fully saturated rings. The van der Waals surface area contributed by atoms with E-state index in [1.165, 1.54) is 19.3 Å². The van der Waals surface area contributed by atoms with Gasteiger partial charge in [0, 0.05) is 24.0 Å². The number of likely N-dealkylation sites (tertiary alicyclic amines) is 1. The predicted molar refractivity (Wildman–Crippen MR) is 110 cm³/mol. The highest BCUT2D eigenvalue weighted by atomic mass is 32.1. The molecule has 1 saturated heterocycles. The van der Waals surface area contributed by atoms with Crippen molar-refractivity contribution in [2.24, 2.45) is 0 Å². The monoisotopic (exact) mass is 385 g/mol. The zero-order valence-corrected chi connectivity index (χ0v) is 16.9. The number of hydrogen-bond donors (Lipinski definition) is 0. The van der Waals surface area contributed by atoms with E-state index >= 15 is 0 Å². The van der Waals surface area contributed by atoms with Crippen LogP contribution in [-0.4, -0.2) is 48.1 Å². The topological polar surface area (TPSA) is 45.7 Å². The zero-order chi connectivity index (χ0) is 18.8. The van der Waals surface area contributed by atoms with E-state index in [1.807, 2.05) is 30.9 Å². The molecule has 0 spiro atoms. The van der Waals surface area contributed by atoms with Gasteiger partial charge < -0.3 is 14.5 Å². The Hall–Kier alpha value is -1.92. The lowest BCUT2D eigenvalue weighted by Crippen LogP contribution is -2.48. The van der Waals surface area contributed by atoms with Crippen LogP contribution in [0.5, 0.6) is 5.75 Å². The van der Waals surface area contributed by atoms with Gasteiger partial charge in [-0.3, -0.25) is 4.79 Å². The van der Waals surface area contributed by atoms with E-state index in [9.17, 15) is 4.79 Å². The maximum absolute atomic E-state index is 13.0. The second-order valence-corrected chi connectivity index (χ2v) is 8.40. The number of anilines is 1. The maximum Gasteiger partial charge on any atom is 0.268 e. The van der Waals surface area contributed by atoms with Crippen LogP contribution in [0.15, 0.2) is 23.6 Å². The Morgan fingerprint density at radius 3 is 2.74 bits per heavy atom. The third-order valence-corrected chi connectivity index (χ3v) is 6.21. The number of aryl methyl sites for hydroxylation is 1. The first-order valence-electron chi connectivity index (χ1n) is 9.92. The summed E-state index contributed by atoms with van der Waals surface area (Å²) in [5, 5.41) is 3.11. The van der Waals surface area contributed by atoms with Crippen LogP contribution in [0.2, 0.25) is 0 Å². The molecule has 3 heterocycles. The van der Waals surface area contributed by atoms with Gasteiger partial charge in [-0.05, 0) is 57.5 Å². The third kappa shape index (κ3) is 3.87. The highest BCUT2D eigenvalue weighted by Crippen LogP contribution is 2.38. The number of fused-ring (bicyclic) bond motifs is 1. The molecule has 2 aliphatic heterocycles. The lowest BCUT2D eigenvalue weighted by molar-refractivity contribution is -0.126. The van der Waals surface area contributed by atoms with E-state index in [0.29, 0.717) is 13.0 Å². The summed E-state index contributed by atoms with van der Waals surface area (Å²) in [5.74, 6) is 0.879. The lowest BCUT2D eigenvalue weighted by Gasteiger charge is -2.36. The number of nitrogens with zero attached hydrogens (tertiary/aromatic N) is 3. The summed E-state index contributed by atoms with van der Waals surface area (Å²) in [6.07, 6.45) is 4.15. The van der Waals surface area contributed by atoms with Crippen LogP contribution >= 0.6 is 11.3 Å². The quantitative estimate of drug-likeness (QED) is 0.777. The van der Waals surface area contributed by atoms with Crippen molar-refractivity contribution in [3.63, 3.8) is 0 Å². The molecule has 144 valence electrons. The molecule has 0 radical (unpaired) electrons. The molecule has 1 aromatic heterocycles. The zero-order valence-electron chi connectivity index (χ0n) is 16.1. The van der Waals surface area contributed by atoms with Crippen molar-refractivity contribution in [2.75, 3.05) is 31.1 Å². The summed E-state index contributed by atoms with van der Waals surface area (Å²) in [6.45, 7) is 7.92. The van der Waals surface area contributed by atoms with Gasteiger partial charge in [-0.25, -0.2) is 4.98 Å². The van der Waals surface area contributed by atoms with Gasteiger partial charge in [0.1, 0.15) is 5.75 Å². The minimum absolute atomic E-state index is 0.0774. The molecule has 2 aromatic rings. The predicted octanol–water partition coefficient (Wildman–Crippen LogP) is 4.11. The fourth-order valence-electron chi connectivity index (χ4n) is 3.89. The van der Waals surface area contributed by atoms with Gasteiger partial charge >= 0.3 is 0 Å². The number of thiazole rings is 1. The van der Waals surface area contributed by atoms with Crippen molar-refractivity contribution in [3.05, 3.63) is 28.6 Å². The molecule has 0 N–H and O–H groups in total. The number of piperidine rings is 1. The van der Waals surface area contributed by atoms with E-state index in [-0.39, 0.29) is 12.0 Å². The number of hydrogen-bond acceptors (Lipinski definition) is 5. The molecule has 1 amide bonds. The van der Waals surface area contributed by atoms with Crippen LogP contribution in [0, 0.1) is 6.92 Å². The summed E-state index contributed by atoms with van der Waals surface area (Å²) >= 11 is 1.64. The minimum Gasteiger partial charge on any atom is -0.478 e. The van der Waals surface area contributed by atoms with Crippen LogP contribution < -0.4 is 9.64 Å². The van der Waals surface area contributed by atoms with E-state index in [4.69, 9.17) is 4.74 Å². The van der Waals surface area contributed by atoms with E-state index in [1.54, 1.807) is 11.3 Å². The molecule has 27 heavy (non-hydrogen) atoms. The Morgan fingerprint density at radius 1 is 1.22 bits per heavy atom. The number of benzene rings is 1. The van der Waals surface area contributed by atoms with Crippen molar-refractivity contribution in [2.45, 2.75) is 45.6 Å². The molecular weight excluding hydrogens is 358 g/mol. The van der Waals surface area contributed by atoms with E-state index < -0.39 is 0 Å². The summed E-state index contributed by atoms with van der Waals surface area (Å²) in [7, 11) is 0. The standard InChI is InChI=1S/C21H27N3O2S/c1-3-19-21(25)24(12-11-23-9-5-4-6-10-23)18-13-16(7-8-20(18)26-19)17-14-27-15(2)22-17/h7-8,13-14,19H,3-6,9-12H2,1-2H3. The van der Waals surface area contributed by atoms with Crippen LogP contribution in [0.3, 0.4) is 0 Å². The number of aromatic nitrogens is 1. The van der Waals surface area contributed by atoms with Gasteiger partial charge in [0.15, 0.2) is 6.10 Å². The lowest BCUT2D eigenvalue weighted by atomic mass is 10.1. The van der Waals surface area contributed by atoms with E-state index in [2.05, 4.69) is 21.3 Å². The Morgan fingerprint density at radius 2 is 2.04 bits per heavy atom. The van der Waals surface area contributed by atoms with Crippen molar-refractivity contribution < 1.29 is 9.53 Å². The van der Waals surface area contributed by atoms with Gasteiger partial charge in [-0.15, -0.1) is 11.3 Å². The molecule has 0 saturated carbocycles. The maximum atomic E-state index is 13.0. The summed E-state index contributed by atoms with van der Waals surface area (Å²) < 4.78 is 5.99. The molecule has 1 unspecified atom stereocenters. The van der Waals surface area contributed by atoms with Gasteiger partial charge in [0.25, 0.3) is 5.91 Å². The van der Waals surface area contributed by atoms with Crippen LogP contribution in [0.25, 0.3) is 11.3 Å². The normalized spacial score (nSPS) is 20.4. The van der Waals surface area contributed by atoms with Crippen LogP contribution in [-0.2, 0) is 4.79 Å².